The quantitative estimate of drug-likeness (QED) is 0.385. The fourth-order valence-corrected chi connectivity index (χ4v) is 2.21. The zero-order valence-corrected chi connectivity index (χ0v) is 15.1. The minimum Gasteiger partial charge on any atom is -0.508 e. The Kier molecular flexibility index (Phi) is 7.18. The van der Waals surface area contributed by atoms with E-state index in [0.29, 0.717) is 23.5 Å². The summed E-state index contributed by atoms with van der Waals surface area (Å²) < 4.78 is 10.4. The lowest BCUT2D eigenvalue weighted by atomic mass is 10.1. The van der Waals surface area contributed by atoms with E-state index in [-0.39, 0.29) is 12.3 Å². The van der Waals surface area contributed by atoms with Gasteiger partial charge in [0.15, 0.2) is 11.5 Å². The summed E-state index contributed by atoms with van der Waals surface area (Å²) in [6.45, 7) is 0.281. The number of hydrogen-bond donors (Lipinski definition) is 3. The van der Waals surface area contributed by atoms with Crippen LogP contribution < -0.4 is 20.2 Å². The van der Waals surface area contributed by atoms with Gasteiger partial charge in [0.2, 0.25) is 0 Å². The largest absolute Gasteiger partial charge is 0.508 e. The average Bonchev–Trinajstić information content (AvgIpc) is 2.69. The second-order valence-electron chi connectivity index (χ2n) is 5.49. The molecule has 3 N–H and O–H groups in total. The number of nitrogens with zero attached hydrogens (tertiary/aromatic N) is 1. The molecule has 0 radical (unpaired) electrons. The van der Waals surface area contributed by atoms with Crippen molar-refractivity contribution in [2.75, 3.05) is 20.8 Å². The van der Waals surface area contributed by atoms with Gasteiger partial charge in [0, 0.05) is 6.54 Å². The lowest BCUT2D eigenvalue weighted by molar-refractivity contribution is -0.139. The molecule has 2 rings (SSSR count). The van der Waals surface area contributed by atoms with Crippen LogP contribution in [0.15, 0.2) is 47.6 Å². The van der Waals surface area contributed by atoms with Crippen molar-refractivity contribution in [3.8, 4) is 17.2 Å². The molecule has 0 heterocycles. The summed E-state index contributed by atoms with van der Waals surface area (Å²) >= 11 is 0. The van der Waals surface area contributed by atoms with Crippen molar-refractivity contribution in [3.63, 3.8) is 0 Å². The third-order valence-corrected chi connectivity index (χ3v) is 3.63. The second kappa shape index (κ2) is 9.81. The first kappa shape index (κ1) is 19.8. The van der Waals surface area contributed by atoms with E-state index < -0.39 is 11.8 Å². The van der Waals surface area contributed by atoms with Gasteiger partial charge in [0.05, 0.1) is 20.4 Å². The van der Waals surface area contributed by atoms with Crippen molar-refractivity contribution in [1.82, 2.24) is 10.7 Å². The number of phenolic OH excluding ortho intramolecular Hbond substituents is 1. The van der Waals surface area contributed by atoms with Gasteiger partial charge in [-0.1, -0.05) is 6.07 Å². The first-order valence-electron chi connectivity index (χ1n) is 8.14. The number of carbonyl (C=O) groups is 2. The maximum Gasteiger partial charge on any atom is 0.329 e. The number of hydrogen-bond acceptors (Lipinski definition) is 6. The van der Waals surface area contributed by atoms with Crippen LogP contribution in [0.2, 0.25) is 0 Å². The number of hydrazone groups is 1. The fourth-order valence-electron chi connectivity index (χ4n) is 2.21. The molecule has 0 saturated heterocycles. The van der Waals surface area contributed by atoms with Gasteiger partial charge in [0.25, 0.3) is 0 Å². The molecule has 2 aromatic carbocycles. The van der Waals surface area contributed by atoms with Gasteiger partial charge in [-0.2, -0.15) is 5.10 Å². The maximum atomic E-state index is 11.8. The predicted molar refractivity (Wildman–Crippen MR) is 100 cm³/mol. The van der Waals surface area contributed by atoms with E-state index in [0.717, 1.165) is 5.56 Å². The summed E-state index contributed by atoms with van der Waals surface area (Å²) in [6.07, 6.45) is 1.89. The molecule has 0 unspecified atom stereocenters. The third kappa shape index (κ3) is 6.03. The maximum absolute atomic E-state index is 11.8. The Morgan fingerprint density at radius 3 is 2.41 bits per heavy atom. The van der Waals surface area contributed by atoms with Crippen molar-refractivity contribution >= 4 is 18.0 Å². The van der Waals surface area contributed by atoms with Gasteiger partial charge in [-0.3, -0.25) is 9.59 Å². The van der Waals surface area contributed by atoms with E-state index in [1.54, 1.807) is 32.4 Å². The molecule has 2 amide bonds. The van der Waals surface area contributed by atoms with Crippen LogP contribution in [0.25, 0.3) is 0 Å². The summed E-state index contributed by atoms with van der Waals surface area (Å²) in [5.41, 5.74) is 3.74. The van der Waals surface area contributed by atoms with Crippen LogP contribution in [0.5, 0.6) is 17.2 Å². The van der Waals surface area contributed by atoms with E-state index in [2.05, 4.69) is 15.8 Å². The van der Waals surface area contributed by atoms with E-state index in [1.807, 2.05) is 12.1 Å². The van der Waals surface area contributed by atoms with Gasteiger partial charge in [0.1, 0.15) is 5.75 Å². The third-order valence-electron chi connectivity index (χ3n) is 3.63. The highest BCUT2D eigenvalue weighted by Gasteiger charge is 2.12. The first-order chi connectivity index (χ1) is 13.0. The monoisotopic (exact) mass is 371 g/mol. The Labute approximate surface area is 156 Å². The zero-order chi connectivity index (χ0) is 19.6. The van der Waals surface area contributed by atoms with Crippen molar-refractivity contribution in [2.24, 2.45) is 5.10 Å². The van der Waals surface area contributed by atoms with E-state index in [4.69, 9.17) is 9.47 Å². The molecule has 0 bridgehead atoms. The summed E-state index contributed by atoms with van der Waals surface area (Å²) in [5.74, 6) is -0.292. The van der Waals surface area contributed by atoms with Gasteiger partial charge in [-0.25, -0.2) is 5.43 Å². The molecule has 0 atom stereocenters. The zero-order valence-electron chi connectivity index (χ0n) is 15.1. The van der Waals surface area contributed by atoms with Crippen LogP contribution in [0.4, 0.5) is 0 Å². The number of carbonyl (C=O) groups excluding carboxylic acids is 2. The summed E-state index contributed by atoms with van der Waals surface area (Å²) in [4.78, 5) is 23.5. The SMILES string of the molecule is COc1ccc(CCNC(=O)C(=O)N/N=C\c2ccc(O)cc2)cc1OC. The number of ether oxygens (including phenoxy) is 2. The molecule has 142 valence electrons. The van der Waals surface area contributed by atoms with Gasteiger partial charge in [-0.15, -0.1) is 0 Å². The van der Waals surface area contributed by atoms with E-state index in [9.17, 15) is 14.7 Å². The normalized spacial score (nSPS) is 10.4. The van der Waals surface area contributed by atoms with Gasteiger partial charge < -0.3 is 19.9 Å². The molecule has 0 aliphatic heterocycles. The van der Waals surface area contributed by atoms with Crippen LogP contribution in [0.1, 0.15) is 11.1 Å². The average molecular weight is 371 g/mol. The summed E-state index contributed by atoms with van der Waals surface area (Å²) in [5, 5.41) is 15.4. The van der Waals surface area contributed by atoms with Crippen LogP contribution >= 0.6 is 0 Å². The number of amides is 2. The molecule has 0 aromatic heterocycles. The minimum atomic E-state index is -0.864. The molecule has 0 saturated carbocycles. The highest BCUT2D eigenvalue weighted by molar-refractivity contribution is 6.35. The van der Waals surface area contributed by atoms with Crippen LogP contribution in [0.3, 0.4) is 0 Å². The standard InChI is InChI=1S/C19H21N3O5/c1-26-16-8-5-13(11-17(16)27-2)9-10-20-18(24)19(25)22-21-12-14-3-6-15(23)7-4-14/h3-8,11-12,23H,9-10H2,1-2H3,(H,20,24)(H,22,25)/b21-12-. The van der Waals surface area contributed by atoms with Gasteiger partial charge >= 0.3 is 11.8 Å². The van der Waals surface area contributed by atoms with E-state index >= 15 is 0 Å². The van der Waals surface area contributed by atoms with Crippen molar-refractivity contribution in [1.29, 1.82) is 0 Å². The molecule has 27 heavy (non-hydrogen) atoms. The van der Waals surface area contributed by atoms with Crippen molar-refractivity contribution in [3.05, 3.63) is 53.6 Å². The first-order valence-corrected chi connectivity index (χ1v) is 8.14. The van der Waals surface area contributed by atoms with E-state index in [1.165, 1.54) is 18.3 Å². The highest BCUT2D eigenvalue weighted by atomic mass is 16.5. The molecule has 0 aliphatic rings. The lowest BCUT2D eigenvalue weighted by Gasteiger charge is -2.10. The number of rotatable bonds is 7. The second-order valence-corrected chi connectivity index (χ2v) is 5.49. The number of methoxy groups -OCH3 is 2. The Morgan fingerprint density at radius 1 is 1.04 bits per heavy atom. The molecular weight excluding hydrogens is 350 g/mol. The number of nitrogens with one attached hydrogen (secondary N) is 2. The topological polar surface area (TPSA) is 109 Å². The smallest absolute Gasteiger partial charge is 0.329 e. The van der Waals surface area contributed by atoms with Gasteiger partial charge in [-0.05, 0) is 53.9 Å². The van der Waals surface area contributed by atoms with Crippen molar-refractivity contribution in [2.45, 2.75) is 6.42 Å². The Bertz CT molecular complexity index is 819. The summed E-state index contributed by atoms with van der Waals surface area (Å²) in [7, 11) is 3.10. The Balaban J connectivity index is 1.78. The molecule has 0 fully saturated rings. The number of phenols is 1. The molecule has 0 aliphatic carbocycles. The molecule has 8 heteroatoms. The Hall–Kier alpha value is -3.55. The molecular formula is C19H21N3O5. The number of benzene rings is 2. The van der Waals surface area contributed by atoms with Crippen molar-refractivity contribution < 1.29 is 24.2 Å². The van der Waals surface area contributed by atoms with Crippen LogP contribution in [-0.2, 0) is 16.0 Å². The number of aromatic hydroxyl groups is 1. The molecule has 2 aromatic rings. The Morgan fingerprint density at radius 2 is 1.74 bits per heavy atom. The van der Waals surface area contributed by atoms with Crippen LogP contribution in [-0.4, -0.2) is 43.9 Å². The fraction of sp³-hybridized carbons (Fsp3) is 0.211. The van der Waals surface area contributed by atoms with Crippen LogP contribution in [0, 0.1) is 0 Å². The summed E-state index contributed by atoms with van der Waals surface area (Å²) in [6, 6.07) is 11.7. The molecule has 8 nitrogen and oxygen atoms in total. The lowest BCUT2D eigenvalue weighted by Crippen LogP contribution is -2.38. The predicted octanol–water partition coefficient (Wildman–Crippen LogP) is 1.22. The highest BCUT2D eigenvalue weighted by Crippen LogP contribution is 2.27. The minimum absolute atomic E-state index is 0.130. The molecule has 0 spiro atoms.